The molecule has 0 spiro atoms. The summed E-state index contributed by atoms with van der Waals surface area (Å²) in [5.74, 6) is -0.341. The first-order chi connectivity index (χ1) is 15.2. The molecule has 3 aromatic carbocycles. The number of aromatic amines is 1. The first-order valence-electron chi connectivity index (χ1n) is 9.98. The third-order valence-corrected chi connectivity index (χ3v) is 5.29. The Morgan fingerprint density at radius 3 is 2.55 bits per heavy atom. The molecule has 0 aliphatic carbocycles. The lowest BCUT2D eigenvalue weighted by Crippen LogP contribution is -2.18. The van der Waals surface area contributed by atoms with Crippen LogP contribution in [0.2, 0.25) is 0 Å². The van der Waals surface area contributed by atoms with Crippen LogP contribution >= 0.6 is 0 Å². The molecule has 0 atom stereocenters. The average molecular weight is 402 g/mol. The number of H-pyrrole nitrogens is 1. The fourth-order valence-electron chi connectivity index (χ4n) is 3.83. The van der Waals surface area contributed by atoms with Gasteiger partial charge in [-0.3, -0.25) is 14.6 Å². The number of carbonyl (C=O) groups excluding carboxylic acids is 1. The number of pyridine rings is 2. The molecule has 148 valence electrons. The van der Waals surface area contributed by atoms with Crippen molar-refractivity contribution in [2.75, 3.05) is 0 Å². The second kappa shape index (κ2) is 7.84. The lowest BCUT2D eigenvalue weighted by molar-refractivity contribution is 0.104. The molecule has 0 unspecified atom stereocenters. The predicted octanol–water partition coefficient (Wildman–Crippen LogP) is 5.64. The van der Waals surface area contributed by atoms with E-state index in [2.05, 4.69) is 9.97 Å². The third-order valence-electron chi connectivity index (χ3n) is 5.29. The summed E-state index contributed by atoms with van der Waals surface area (Å²) in [5.41, 5.74) is 3.62. The van der Waals surface area contributed by atoms with Crippen molar-refractivity contribution in [3.05, 3.63) is 119 Å². The Bertz CT molecular complexity index is 1520. The molecule has 4 heteroatoms. The highest BCUT2D eigenvalue weighted by Crippen LogP contribution is 2.30. The van der Waals surface area contributed by atoms with Gasteiger partial charge < -0.3 is 4.98 Å². The maximum Gasteiger partial charge on any atom is 0.260 e. The number of carbonyl (C=O) groups is 1. The smallest absolute Gasteiger partial charge is 0.260 e. The quantitative estimate of drug-likeness (QED) is 0.313. The Balaban J connectivity index is 1.63. The van der Waals surface area contributed by atoms with Gasteiger partial charge in [0.1, 0.15) is 0 Å². The summed E-state index contributed by atoms with van der Waals surface area (Å²) in [5, 5.41) is 1.86. The van der Waals surface area contributed by atoms with Gasteiger partial charge in [-0.15, -0.1) is 0 Å². The maximum atomic E-state index is 13.2. The molecule has 0 bridgehead atoms. The van der Waals surface area contributed by atoms with Crippen molar-refractivity contribution >= 4 is 33.7 Å². The molecule has 31 heavy (non-hydrogen) atoms. The highest BCUT2D eigenvalue weighted by molar-refractivity contribution is 6.15. The molecule has 0 aliphatic rings. The summed E-state index contributed by atoms with van der Waals surface area (Å²) in [4.78, 5) is 33.4. The van der Waals surface area contributed by atoms with Crippen molar-refractivity contribution < 1.29 is 4.79 Å². The van der Waals surface area contributed by atoms with Crippen LogP contribution in [0.4, 0.5) is 0 Å². The number of aromatic nitrogens is 2. The molecule has 0 radical (unpaired) electrons. The van der Waals surface area contributed by atoms with E-state index in [9.17, 15) is 9.59 Å². The summed E-state index contributed by atoms with van der Waals surface area (Å²) in [6.07, 6.45) is 4.91. The van der Waals surface area contributed by atoms with Crippen LogP contribution in [0.3, 0.4) is 0 Å². The van der Waals surface area contributed by atoms with E-state index in [4.69, 9.17) is 0 Å². The zero-order valence-electron chi connectivity index (χ0n) is 16.6. The maximum absolute atomic E-state index is 13.2. The van der Waals surface area contributed by atoms with Crippen molar-refractivity contribution in [3.8, 4) is 11.1 Å². The molecule has 4 nitrogen and oxygen atoms in total. The van der Waals surface area contributed by atoms with Gasteiger partial charge in [0.05, 0.1) is 11.1 Å². The Morgan fingerprint density at radius 1 is 0.871 bits per heavy atom. The second-order valence-corrected chi connectivity index (χ2v) is 7.27. The van der Waals surface area contributed by atoms with Gasteiger partial charge in [-0.1, -0.05) is 72.8 Å². The fourth-order valence-corrected chi connectivity index (χ4v) is 3.83. The predicted molar refractivity (Wildman–Crippen MR) is 125 cm³/mol. The molecular weight excluding hydrogens is 384 g/mol. The van der Waals surface area contributed by atoms with E-state index >= 15 is 0 Å². The van der Waals surface area contributed by atoms with Crippen molar-refractivity contribution in [3.63, 3.8) is 0 Å². The number of hydrogen-bond donors (Lipinski definition) is 1. The number of nitrogens with one attached hydrogen (secondary N) is 1. The van der Waals surface area contributed by atoms with E-state index in [0.717, 1.165) is 27.4 Å². The Kier molecular flexibility index (Phi) is 4.73. The highest BCUT2D eigenvalue weighted by Gasteiger charge is 2.18. The third kappa shape index (κ3) is 3.55. The zero-order valence-corrected chi connectivity index (χ0v) is 16.6. The number of fused-ring (bicyclic) bond motifs is 2. The van der Waals surface area contributed by atoms with Crippen molar-refractivity contribution in [2.24, 2.45) is 0 Å². The first kappa shape index (κ1) is 18.7. The number of ketones is 1. The summed E-state index contributed by atoms with van der Waals surface area (Å²) in [7, 11) is 0. The van der Waals surface area contributed by atoms with Gasteiger partial charge in [0, 0.05) is 28.0 Å². The minimum absolute atomic E-state index is 0.139. The standard InChI is InChI=1S/C27H18N2O2/c30-24(15-13-18-12-14-19-9-6-16-28-23(19)17-18)26-25(20-7-2-1-3-8-20)21-10-4-5-11-22(21)29-27(26)31/h1-17H,(H,29,31). The van der Waals surface area contributed by atoms with Gasteiger partial charge in [-0.05, 0) is 35.4 Å². The van der Waals surface area contributed by atoms with E-state index in [0.29, 0.717) is 11.1 Å². The van der Waals surface area contributed by atoms with Crippen LogP contribution in [-0.2, 0) is 0 Å². The molecule has 2 aromatic heterocycles. The molecule has 0 aliphatic heterocycles. The SMILES string of the molecule is O=C(C=Cc1ccc2cccnc2c1)c1c(-c2ccccc2)c2ccccc2[nH]c1=O. The first-order valence-corrected chi connectivity index (χ1v) is 9.98. The molecule has 1 N–H and O–H groups in total. The minimum Gasteiger partial charge on any atom is -0.321 e. The van der Waals surface area contributed by atoms with Gasteiger partial charge in [0.2, 0.25) is 0 Å². The number of allylic oxidation sites excluding steroid dienone is 1. The Morgan fingerprint density at radius 2 is 1.68 bits per heavy atom. The van der Waals surface area contributed by atoms with E-state index in [-0.39, 0.29) is 11.3 Å². The number of para-hydroxylation sites is 1. The molecular formula is C27H18N2O2. The van der Waals surface area contributed by atoms with Gasteiger partial charge in [-0.2, -0.15) is 0 Å². The molecule has 0 amide bonds. The van der Waals surface area contributed by atoms with Crippen molar-refractivity contribution in [1.82, 2.24) is 9.97 Å². The topological polar surface area (TPSA) is 62.8 Å². The van der Waals surface area contributed by atoms with Gasteiger partial charge in [0.25, 0.3) is 5.56 Å². The summed E-state index contributed by atoms with van der Waals surface area (Å²) < 4.78 is 0. The lowest BCUT2D eigenvalue weighted by Gasteiger charge is -2.11. The van der Waals surface area contributed by atoms with E-state index in [1.165, 1.54) is 6.08 Å². The fraction of sp³-hybridized carbons (Fsp3) is 0. The molecule has 5 rings (SSSR count). The highest BCUT2D eigenvalue weighted by atomic mass is 16.1. The largest absolute Gasteiger partial charge is 0.321 e. The van der Waals surface area contributed by atoms with Crippen LogP contribution in [0, 0.1) is 0 Å². The molecule has 0 saturated heterocycles. The van der Waals surface area contributed by atoms with E-state index in [1.807, 2.05) is 84.9 Å². The van der Waals surface area contributed by atoms with Crippen molar-refractivity contribution in [2.45, 2.75) is 0 Å². The summed E-state index contributed by atoms with van der Waals surface area (Å²) in [6.45, 7) is 0. The van der Waals surface area contributed by atoms with Gasteiger partial charge >= 0.3 is 0 Å². The van der Waals surface area contributed by atoms with Gasteiger partial charge in [0.15, 0.2) is 5.78 Å². The lowest BCUT2D eigenvalue weighted by atomic mass is 9.94. The number of rotatable bonds is 4. The van der Waals surface area contributed by atoms with Crippen LogP contribution in [0.25, 0.3) is 39.0 Å². The van der Waals surface area contributed by atoms with Crippen LogP contribution < -0.4 is 5.56 Å². The number of benzene rings is 3. The van der Waals surface area contributed by atoms with E-state index < -0.39 is 5.56 Å². The van der Waals surface area contributed by atoms with Crippen LogP contribution in [-0.4, -0.2) is 15.8 Å². The summed E-state index contributed by atoms with van der Waals surface area (Å²) >= 11 is 0. The van der Waals surface area contributed by atoms with Crippen LogP contribution in [0.15, 0.2) is 102 Å². The van der Waals surface area contributed by atoms with Crippen LogP contribution in [0.5, 0.6) is 0 Å². The number of nitrogens with zero attached hydrogens (tertiary/aromatic N) is 1. The number of hydrogen-bond acceptors (Lipinski definition) is 3. The summed E-state index contributed by atoms with van der Waals surface area (Å²) in [6, 6.07) is 26.7. The van der Waals surface area contributed by atoms with Gasteiger partial charge in [-0.25, -0.2) is 0 Å². The second-order valence-electron chi connectivity index (χ2n) is 7.27. The van der Waals surface area contributed by atoms with E-state index in [1.54, 1.807) is 12.3 Å². The zero-order chi connectivity index (χ0) is 21.2. The van der Waals surface area contributed by atoms with Crippen LogP contribution in [0.1, 0.15) is 15.9 Å². The molecule has 5 aromatic rings. The van der Waals surface area contributed by atoms with Crippen molar-refractivity contribution in [1.29, 1.82) is 0 Å². The molecule has 2 heterocycles. The average Bonchev–Trinajstić information content (AvgIpc) is 2.82. The monoisotopic (exact) mass is 402 g/mol. The normalized spacial score (nSPS) is 11.4. The molecule has 0 fully saturated rings. The molecule has 0 saturated carbocycles. The Hall–Kier alpha value is -4.31. The minimum atomic E-state index is -0.396. The Labute approximate surface area is 178 Å².